The van der Waals surface area contributed by atoms with Crippen molar-refractivity contribution in [1.29, 1.82) is 0 Å². The topological polar surface area (TPSA) is 95.2 Å². The summed E-state index contributed by atoms with van der Waals surface area (Å²) in [6, 6.07) is 22.6. The van der Waals surface area contributed by atoms with Gasteiger partial charge in [-0.3, -0.25) is 24.3 Å². The fourth-order valence-corrected chi connectivity index (χ4v) is 4.67. The summed E-state index contributed by atoms with van der Waals surface area (Å²) in [6.45, 7) is 0. The number of nitrogens with zero attached hydrogens (tertiary/aromatic N) is 2. The Morgan fingerprint density at radius 1 is 0.886 bits per heavy atom. The maximum atomic E-state index is 13.7. The van der Waals surface area contributed by atoms with Gasteiger partial charge >= 0.3 is 0 Å². The van der Waals surface area contributed by atoms with E-state index in [1.165, 1.54) is 0 Å². The van der Waals surface area contributed by atoms with Gasteiger partial charge in [-0.2, -0.15) is 0 Å². The predicted molar refractivity (Wildman–Crippen MR) is 133 cm³/mol. The quantitative estimate of drug-likeness (QED) is 0.376. The lowest BCUT2D eigenvalue weighted by atomic mass is 10.0. The van der Waals surface area contributed by atoms with Crippen LogP contribution in [0.15, 0.2) is 91.3 Å². The molecule has 1 atom stereocenters. The van der Waals surface area contributed by atoms with Crippen LogP contribution in [0, 0.1) is 0 Å². The highest BCUT2D eigenvalue weighted by molar-refractivity contribution is 6.23. The molecule has 3 heterocycles. The van der Waals surface area contributed by atoms with Crippen molar-refractivity contribution in [3.05, 3.63) is 108 Å². The second kappa shape index (κ2) is 8.22. The first-order valence-electron chi connectivity index (χ1n) is 11.3. The molecular formula is C28H20N4O3. The lowest BCUT2D eigenvalue weighted by molar-refractivity contribution is -0.119. The van der Waals surface area contributed by atoms with E-state index in [4.69, 9.17) is 0 Å². The van der Waals surface area contributed by atoms with Crippen molar-refractivity contribution < 1.29 is 14.4 Å². The van der Waals surface area contributed by atoms with Crippen molar-refractivity contribution in [3.63, 3.8) is 0 Å². The number of pyridine rings is 1. The second-order valence-corrected chi connectivity index (χ2v) is 8.52. The Balaban J connectivity index is 1.39. The maximum Gasteiger partial charge on any atom is 0.262 e. The van der Waals surface area contributed by atoms with Crippen LogP contribution in [0.5, 0.6) is 0 Å². The van der Waals surface area contributed by atoms with E-state index in [0.717, 1.165) is 26.8 Å². The number of aromatic amines is 1. The Kier molecular flexibility index (Phi) is 4.88. The van der Waals surface area contributed by atoms with E-state index in [0.29, 0.717) is 22.3 Å². The predicted octanol–water partition coefficient (Wildman–Crippen LogP) is 4.56. The van der Waals surface area contributed by atoms with Crippen molar-refractivity contribution in [1.82, 2.24) is 14.9 Å². The Bertz CT molecular complexity index is 1600. The highest BCUT2D eigenvalue weighted by Crippen LogP contribution is 2.28. The fraction of sp³-hybridized carbons (Fsp3) is 0.0714. The summed E-state index contributed by atoms with van der Waals surface area (Å²) < 4.78 is 0. The minimum Gasteiger partial charge on any atom is -0.361 e. The van der Waals surface area contributed by atoms with Crippen molar-refractivity contribution in [2.24, 2.45) is 0 Å². The van der Waals surface area contributed by atoms with Crippen LogP contribution in [0.1, 0.15) is 26.3 Å². The van der Waals surface area contributed by atoms with Gasteiger partial charge in [0.15, 0.2) is 0 Å². The van der Waals surface area contributed by atoms with Crippen LogP contribution < -0.4 is 5.32 Å². The van der Waals surface area contributed by atoms with E-state index in [2.05, 4.69) is 15.3 Å². The molecule has 3 aromatic carbocycles. The summed E-state index contributed by atoms with van der Waals surface area (Å²) in [5, 5.41) is 4.79. The molecule has 6 rings (SSSR count). The molecule has 0 aliphatic carbocycles. The van der Waals surface area contributed by atoms with Gasteiger partial charge in [0.1, 0.15) is 6.04 Å². The van der Waals surface area contributed by atoms with Crippen LogP contribution in [-0.2, 0) is 11.2 Å². The number of aromatic nitrogens is 2. The summed E-state index contributed by atoms with van der Waals surface area (Å²) in [5.41, 5.74) is 3.59. The smallest absolute Gasteiger partial charge is 0.262 e. The van der Waals surface area contributed by atoms with E-state index >= 15 is 0 Å². The number of H-pyrrole nitrogens is 1. The van der Waals surface area contributed by atoms with Crippen LogP contribution in [0.25, 0.3) is 21.8 Å². The molecule has 0 saturated carbocycles. The molecule has 3 amide bonds. The van der Waals surface area contributed by atoms with Gasteiger partial charge in [0.25, 0.3) is 11.8 Å². The number of rotatable bonds is 5. The molecule has 0 radical (unpaired) electrons. The zero-order chi connectivity index (χ0) is 23.9. The molecule has 2 aromatic heterocycles. The van der Waals surface area contributed by atoms with Gasteiger partial charge in [-0.05, 0) is 53.4 Å². The Hall–Kier alpha value is -4.78. The van der Waals surface area contributed by atoms with Gasteiger partial charge in [0.05, 0.1) is 22.3 Å². The lowest BCUT2D eigenvalue weighted by Gasteiger charge is -2.26. The van der Waals surface area contributed by atoms with E-state index in [9.17, 15) is 14.4 Å². The summed E-state index contributed by atoms with van der Waals surface area (Å²) in [7, 11) is 0. The molecule has 2 N–H and O–H groups in total. The van der Waals surface area contributed by atoms with Crippen molar-refractivity contribution in [2.75, 3.05) is 5.32 Å². The SMILES string of the molecule is O=C(Nc1cccc2cccnc12)[C@H](Cc1ccc2[nH]ccc2c1)N1C(=O)c2ccccc2C1=O. The third-order valence-corrected chi connectivity index (χ3v) is 6.38. The van der Waals surface area contributed by atoms with Gasteiger partial charge in [-0.25, -0.2) is 0 Å². The van der Waals surface area contributed by atoms with Crippen molar-refractivity contribution in [2.45, 2.75) is 12.5 Å². The highest BCUT2D eigenvalue weighted by Gasteiger charge is 2.42. The summed E-state index contributed by atoms with van der Waals surface area (Å²) in [4.78, 5) is 48.9. The molecule has 7 heteroatoms. The zero-order valence-electron chi connectivity index (χ0n) is 18.6. The third-order valence-electron chi connectivity index (χ3n) is 6.38. The molecule has 0 spiro atoms. The van der Waals surface area contributed by atoms with Crippen molar-refractivity contribution in [3.8, 4) is 0 Å². The number of hydrogen-bond acceptors (Lipinski definition) is 4. The third kappa shape index (κ3) is 3.54. The average Bonchev–Trinajstić information content (AvgIpc) is 3.45. The number of para-hydroxylation sites is 1. The number of carbonyl (C=O) groups is 3. The van der Waals surface area contributed by atoms with Gasteiger partial charge < -0.3 is 10.3 Å². The first kappa shape index (κ1) is 20.8. The molecule has 0 saturated heterocycles. The van der Waals surface area contributed by atoms with Gasteiger partial charge in [-0.15, -0.1) is 0 Å². The molecule has 0 fully saturated rings. The summed E-state index contributed by atoms with van der Waals surface area (Å²) in [5.74, 6) is -1.39. The van der Waals surface area contributed by atoms with Gasteiger partial charge in [-0.1, -0.05) is 36.4 Å². The van der Waals surface area contributed by atoms with Crippen LogP contribution in [0.2, 0.25) is 0 Å². The van der Waals surface area contributed by atoms with Crippen LogP contribution in [-0.4, -0.2) is 38.6 Å². The summed E-state index contributed by atoms with van der Waals surface area (Å²) in [6.07, 6.45) is 3.68. The first-order chi connectivity index (χ1) is 17.1. The van der Waals surface area contributed by atoms with Gasteiger partial charge in [0.2, 0.25) is 5.91 Å². The van der Waals surface area contributed by atoms with E-state index in [1.54, 1.807) is 36.5 Å². The van der Waals surface area contributed by atoms with E-state index in [-0.39, 0.29) is 6.42 Å². The standard InChI is InChI=1S/C28H20N4O3/c33-26(31-23-9-3-5-18-6-4-13-30-25(18)23)24(16-17-10-11-22-19(15-17)12-14-29-22)32-27(34)20-7-1-2-8-21(20)28(32)35/h1-15,24,29H,16H2,(H,31,33)/t24-/m0/s1. The molecule has 0 unspecified atom stereocenters. The fourth-order valence-electron chi connectivity index (χ4n) is 4.67. The number of carbonyl (C=O) groups excluding carboxylic acids is 3. The number of fused-ring (bicyclic) bond motifs is 3. The Labute approximate surface area is 200 Å². The lowest BCUT2D eigenvalue weighted by Crippen LogP contribution is -2.48. The highest BCUT2D eigenvalue weighted by atomic mass is 16.2. The van der Waals surface area contributed by atoms with Crippen LogP contribution in [0.4, 0.5) is 5.69 Å². The molecular weight excluding hydrogens is 440 g/mol. The molecule has 1 aliphatic rings. The number of anilines is 1. The summed E-state index contributed by atoms with van der Waals surface area (Å²) >= 11 is 0. The van der Waals surface area contributed by atoms with Crippen LogP contribution >= 0.6 is 0 Å². The molecule has 35 heavy (non-hydrogen) atoms. The monoisotopic (exact) mass is 460 g/mol. The van der Waals surface area contributed by atoms with E-state index in [1.807, 2.05) is 54.7 Å². The number of imide groups is 1. The molecule has 1 aliphatic heterocycles. The van der Waals surface area contributed by atoms with Crippen molar-refractivity contribution >= 4 is 45.2 Å². The molecule has 7 nitrogen and oxygen atoms in total. The Morgan fingerprint density at radius 2 is 1.66 bits per heavy atom. The number of nitrogens with one attached hydrogen (secondary N) is 2. The Morgan fingerprint density at radius 3 is 2.46 bits per heavy atom. The van der Waals surface area contributed by atoms with Gasteiger partial charge in [0, 0.05) is 29.7 Å². The largest absolute Gasteiger partial charge is 0.361 e. The number of hydrogen-bond donors (Lipinski definition) is 2. The molecule has 170 valence electrons. The zero-order valence-corrected chi connectivity index (χ0v) is 18.6. The minimum atomic E-state index is -1.04. The second-order valence-electron chi connectivity index (χ2n) is 8.52. The maximum absolute atomic E-state index is 13.7. The van der Waals surface area contributed by atoms with E-state index < -0.39 is 23.8 Å². The van der Waals surface area contributed by atoms with Crippen LogP contribution in [0.3, 0.4) is 0 Å². The molecule has 5 aromatic rings. The number of amides is 3. The first-order valence-corrected chi connectivity index (χ1v) is 11.3. The normalized spacial score (nSPS) is 13.9. The molecule has 0 bridgehead atoms. The average molecular weight is 460 g/mol. The number of benzene rings is 3. The minimum absolute atomic E-state index is 0.177.